The maximum absolute atomic E-state index is 11.5. The van der Waals surface area contributed by atoms with Crippen molar-refractivity contribution in [3.05, 3.63) is 40.1 Å². The monoisotopic (exact) mass is 285 g/mol. The Kier molecular flexibility index (Phi) is 3.84. The summed E-state index contributed by atoms with van der Waals surface area (Å²) in [6, 6.07) is 6.83. The van der Waals surface area contributed by atoms with E-state index in [2.05, 4.69) is 10.3 Å². The van der Waals surface area contributed by atoms with E-state index in [1.165, 1.54) is 4.68 Å². The van der Waals surface area contributed by atoms with Gasteiger partial charge in [0.1, 0.15) is 0 Å². The molecule has 0 radical (unpaired) electrons. The summed E-state index contributed by atoms with van der Waals surface area (Å²) in [6.07, 6.45) is 0. The summed E-state index contributed by atoms with van der Waals surface area (Å²) < 4.78 is 6.15. The van der Waals surface area contributed by atoms with Crippen LogP contribution in [0.1, 0.15) is 17.4 Å². The number of hydrogen-bond acceptors (Lipinski definition) is 4. The van der Waals surface area contributed by atoms with Gasteiger partial charge in [-0.2, -0.15) is 0 Å². The molecule has 0 fully saturated rings. The number of aromatic nitrogens is 3. The normalized spacial score (nSPS) is 10.4. The van der Waals surface area contributed by atoms with Gasteiger partial charge in [0.15, 0.2) is 5.15 Å². The first-order chi connectivity index (χ1) is 8.63. The second-order valence-electron chi connectivity index (χ2n) is 3.34. The molecule has 18 heavy (non-hydrogen) atoms. The number of carbonyl (C=O) groups excluding carboxylic acids is 1. The zero-order valence-corrected chi connectivity index (χ0v) is 10.9. The Morgan fingerprint density at radius 1 is 1.33 bits per heavy atom. The summed E-state index contributed by atoms with van der Waals surface area (Å²) in [6.45, 7) is 1.96. The number of benzene rings is 1. The van der Waals surface area contributed by atoms with E-state index in [1.54, 1.807) is 31.2 Å². The maximum Gasteiger partial charge on any atom is 0.362 e. The van der Waals surface area contributed by atoms with Gasteiger partial charge >= 0.3 is 5.97 Å². The minimum absolute atomic E-state index is 0.00605. The van der Waals surface area contributed by atoms with Gasteiger partial charge in [-0.05, 0) is 31.2 Å². The Morgan fingerprint density at radius 3 is 2.61 bits per heavy atom. The first-order valence-electron chi connectivity index (χ1n) is 5.17. The minimum Gasteiger partial charge on any atom is -0.461 e. The maximum atomic E-state index is 11.5. The van der Waals surface area contributed by atoms with Crippen molar-refractivity contribution in [3.8, 4) is 5.69 Å². The smallest absolute Gasteiger partial charge is 0.362 e. The molecule has 7 heteroatoms. The van der Waals surface area contributed by atoms with Crippen molar-refractivity contribution in [1.82, 2.24) is 15.0 Å². The highest BCUT2D eigenvalue weighted by molar-refractivity contribution is 6.32. The van der Waals surface area contributed by atoms with Crippen LogP contribution in [0.2, 0.25) is 10.2 Å². The second-order valence-corrected chi connectivity index (χ2v) is 4.13. The summed E-state index contributed by atoms with van der Waals surface area (Å²) >= 11 is 11.8. The van der Waals surface area contributed by atoms with Crippen LogP contribution < -0.4 is 0 Å². The van der Waals surface area contributed by atoms with Gasteiger partial charge in [-0.3, -0.25) is 0 Å². The molecule has 2 aromatic rings. The summed E-state index contributed by atoms with van der Waals surface area (Å²) in [5.41, 5.74) is 0.654. The molecule has 0 unspecified atom stereocenters. The highest BCUT2D eigenvalue weighted by Gasteiger charge is 2.19. The van der Waals surface area contributed by atoms with E-state index >= 15 is 0 Å². The fourth-order valence-corrected chi connectivity index (χ4v) is 1.71. The van der Waals surface area contributed by atoms with Crippen molar-refractivity contribution in [3.63, 3.8) is 0 Å². The van der Waals surface area contributed by atoms with E-state index < -0.39 is 5.97 Å². The second kappa shape index (κ2) is 5.37. The highest BCUT2D eigenvalue weighted by Crippen LogP contribution is 2.20. The predicted molar refractivity (Wildman–Crippen MR) is 67.3 cm³/mol. The van der Waals surface area contributed by atoms with E-state index in [-0.39, 0.29) is 17.5 Å². The van der Waals surface area contributed by atoms with E-state index in [0.717, 1.165) is 0 Å². The van der Waals surface area contributed by atoms with Gasteiger partial charge in [-0.25, -0.2) is 9.48 Å². The van der Waals surface area contributed by atoms with Crippen molar-refractivity contribution in [2.24, 2.45) is 0 Å². The lowest BCUT2D eigenvalue weighted by atomic mass is 10.3. The van der Waals surface area contributed by atoms with Gasteiger partial charge < -0.3 is 4.74 Å². The van der Waals surface area contributed by atoms with Gasteiger partial charge in [-0.1, -0.05) is 28.4 Å². The van der Waals surface area contributed by atoms with Gasteiger partial charge in [0.05, 0.1) is 12.3 Å². The lowest BCUT2D eigenvalue weighted by Gasteiger charge is -2.02. The third-order valence-electron chi connectivity index (χ3n) is 2.16. The van der Waals surface area contributed by atoms with Gasteiger partial charge in [-0.15, -0.1) is 5.10 Å². The van der Waals surface area contributed by atoms with Gasteiger partial charge in [0, 0.05) is 5.02 Å². The molecule has 1 aromatic heterocycles. The molecule has 0 aliphatic rings. The topological polar surface area (TPSA) is 57.0 Å². The van der Waals surface area contributed by atoms with Crippen LogP contribution in [-0.4, -0.2) is 27.6 Å². The van der Waals surface area contributed by atoms with Gasteiger partial charge in [0.25, 0.3) is 0 Å². The Labute approximate surface area is 113 Å². The van der Waals surface area contributed by atoms with Crippen molar-refractivity contribution >= 4 is 29.2 Å². The van der Waals surface area contributed by atoms with Crippen LogP contribution in [-0.2, 0) is 4.74 Å². The molecular formula is C11H9Cl2N3O2. The summed E-state index contributed by atoms with van der Waals surface area (Å²) in [5.74, 6) is -0.595. The summed E-state index contributed by atoms with van der Waals surface area (Å²) in [7, 11) is 0. The van der Waals surface area contributed by atoms with E-state index in [4.69, 9.17) is 27.9 Å². The summed E-state index contributed by atoms with van der Waals surface area (Å²) in [5, 5.41) is 8.22. The average Bonchev–Trinajstić information content (AvgIpc) is 2.73. The van der Waals surface area contributed by atoms with E-state index in [9.17, 15) is 4.79 Å². The number of esters is 1. The highest BCUT2D eigenvalue weighted by atomic mass is 35.5. The quantitative estimate of drug-likeness (QED) is 0.814. The van der Waals surface area contributed by atoms with Gasteiger partial charge in [0.2, 0.25) is 5.69 Å². The zero-order valence-electron chi connectivity index (χ0n) is 9.43. The molecule has 0 atom stereocenters. The Morgan fingerprint density at radius 2 is 2.00 bits per heavy atom. The lowest BCUT2D eigenvalue weighted by molar-refractivity contribution is 0.0519. The molecule has 1 heterocycles. The number of hydrogen-bond donors (Lipinski definition) is 0. The van der Waals surface area contributed by atoms with Crippen LogP contribution in [0, 0.1) is 0 Å². The minimum atomic E-state index is -0.595. The third kappa shape index (κ3) is 2.47. The van der Waals surface area contributed by atoms with Crippen LogP contribution in [0.25, 0.3) is 5.69 Å². The molecule has 5 nitrogen and oxygen atoms in total. The first kappa shape index (κ1) is 12.9. The molecule has 0 bridgehead atoms. The molecular weight excluding hydrogens is 277 g/mol. The fraction of sp³-hybridized carbons (Fsp3) is 0.182. The summed E-state index contributed by atoms with van der Waals surface area (Å²) in [4.78, 5) is 11.5. The molecule has 0 saturated carbocycles. The van der Waals surface area contributed by atoms with Crippen molar-refractivity contribution in [2.75, 3.05) is 6.61 Å². The SMILES string of the molecule is CCOC(=O)c1nnn(-c2ccc(Cl)cc2)c1Cl. The standard InChI is InChI=1S/C11H9Cl2N3O2/c1-2-18-11(17)9-10(13)16(15-14-9)8-5-3-7(12)4-6-8/h3-6H,2H2,1H3. The van der Waals surface area contributed by atoms with Crippen molar-refractivity contribution in [2.45, 2.75) is 6.92 Å². The van der Waals surface area contributed by atoms with Crippen LogP contribution in [0.4, 0.5) is 0 Å². The average molecular weight is 286 g/mol. The van der Waals surface area contributed by atoms with Crippen LogP contribution >= 0.6 is 23.2 Å². The van der Waals surface area contributed by atoms with Crippen LogP contribution in [0.5, 0.6) is 0 Å². The van der Waals surface area contributed by atoms with E-state index in [1.807, 2.05) is 0 Å². The molecule has 0 aliphatic carbocycles. The number of ether oxygens (including phenoxy) is 1. The predicted octanol–water partition coefficient (Wildman–Crippen LogP) is 2.75. The number of halogens is 2. The zero-order chi connectivity index (χ0) is 13.1. The molecule has 0 spiro atoms. The molecule has 0 N–H and O–H groups in total. The van der Waals surface area contributed by atoms with Crippen LogP contribution in [0.3, 0.4) is 0 Å². The molecule has 2 rings (SSSR count). The largest absolute Gasteiger partial charge is 0.461 e. The molecule has 0 amide bonds. The van der Waals surface area contributed by atoms with E-state index in [0.29, 0.717) is 10.7 Å². The molecule has 0 saturated heterocycles. The van der Waals surface area contributed by atoms with Crippen molar-refractivity contribution < 1.29 is 9.53 Å². The Hall–Kier alpha value is -1.59. The Balaban J connectivity index is 2.36. The lowest BCUT2D eigenvalue weighted by Crippen LogP contribution is -2.06. The Bertz CT molecular complexity index is 566. The van der Waals surface area contributed by atoms with Crippen molar-refractivity contribution in [1.29, 1.82) is 0 Å². The number of carbonyl (C=O) groups is 1. The third-order valence-corrected chi connectivity index (χ3v) is 2.75. The number of rotatable bonds is 3. The first-order valence-corrected chi connectivity index (χ1v) is 5.93. The molecule has 94 valence electrons. The van der Waals surface area contributed by atoms with Crippen LogP contribution in [0.15, 0.2) is 24.3 Å². The fourth-order valence-electron chi connectivity index (χ4n) is 1.34. The number of nitrogens with zero attached hydrogens (tertiary/aromatic N) is 3. The molecule has 1 aromatic carbocycles. The molecule has 0 aliphatic heterocycles.